The summed E-state index contributed by atoms with van der Waals surface area (Å²) in [6.07, 6.45) is 3.54. The molecule has 0 aromatic heterocycles. The molecule has 2 atom stereocenters. The number of likely N-dealkylation sites (N-methyl/N-ethyl adjacent to an activating group) is 1. The van der Waals surface area contributed by atoms with E-state index >= 15 is 0 Å². The van der Waals surface area contributed by atoms with E-state index in [4.69, 9.17) is 5.73 Å². The Morgan fingerprint density at radius 3 is 2.58 bits per heavy atom. The van der Waals surface area contributed by atoms with Crippen molar-refractivity contribution in [3.8, 4) is 0 Å². The van der Waals surface area contributed by atoms with E-state index in [2.05, 4.69) is 4.72 Å². The maximum atomic E-state index is 12.4. The number of sulfonamides is 1. The van der Waals surface area contributed by atoms with Gasteiger partial charge in [-0.1, -0.05) is 24.1 Å². The lowest BCUT2D eigenvalue weighted by Gasteiger charge is -2.29. The molecule has 0 radical (unpaired) electrons. The molecule has 6 nitrogen and oxygen atoms in total. The lowest BCUT2D eigenvalue weighted by molar-refractivity contribution is -0.135. The average molecular weight is 353 g/mol. The minimum atomic E-state index is -3.54. The molecule has 1 aromatic carbocycles. The summed E-state index contributed by atoms with van der Waals surface area (Å²) < 4.78 is 27.0. The van der Waals surface area contributed by atoms with Crippen LogP contribution in [0.4, 0.5) is 0 Å². The predicted molar refractivity (Wildman–Crippen MR) is 93.9 cm³/mol. The quantitative estimate of drug-likeness (QED) is 0.805. The maximum Gasteiger partial charge on any atom is 0.240 e. The SMILES string of the molecule is Cc1ccc(S(=O)(=O)NCCN(C)C(=O)C2CCCC(N)C2)cc1. The van der Waals surface area contributed by atoms with E-state index < -0.39 is 10.0 Å². The van der Waals surface area contributed by atoms with Crippen molar-refractivity contribution in [2.24, 2.45) is 11.7 Å². The molecule has 7 heteroatoms. The van der Waals surface area contributed by atoms with Crippen LogP contribution in [0.15, 0.2) is 29.2 Å². The third-order valence-electron chi connectivity index (χ3n) is 4.51. The topological polar surface area (TPSA) is 92.5 Å². The Kier molecular flexibility index (Phi) is 6.37. The molecule has 2 unspecified atom stereocenters. The van der Waals surface area contributed by atoms with Crippen LogP contribution >= 0.6 is 0 Å². The summed E-state index contributed by atoms with van der Waals surface area (Å²) >= 11 is 0. The van der Waals surface area contributed by atoms with Crippen LogP contribution in [0.5, 0.6) is 0 Å². The second-order valence-electron chi connectivity index (χ2n) is 6.59. The molecule has 1 aromatic rings. The van der Waals surface area contributed by atoms with Gasteiger partial charge in [0.25, 0.3) is 0 Å². The Labute approximate surface area is 144 Å². The molecule has 0 heterocycles. The van der Waals surface area contributed by atoms with E-state index in [1.54, 1.807) is 36.2 Å². The van der Waals surface area contributed by atoms with Crippen LogP contribution in [0, 0.1) is 12.8 Å². The van der Waals surface area contributed by atoms with Crippen LogP contribution in [0.25, 0.3) is 0 Å². The molecule has 1 fully saturated rings. The number of benzene rings is 1. The summed E-state index contributed by atoms with van der Waals surface area (Å²) in [4.78, 5) is 14.2. The van der Waals surface area contributed by atoms with Crippen LogP contribution in [-0.4, -0.2) is 45.4 Å². The minimum Gasteiger partial charge on any atom is -0.344 e. The number of carbonyl (C=O) groups is 1. The summed E-state index contributed by atoms with van der Waals surface area (Å²) in [5.41, 5.74) is 6.94. The van der Waals surface area contributed by atoms with Crippen molar-refractivity contribution in [1.29, 1.82) is 0 Å². The Balaban J connectivity index is 1.84. The fourth-order valence-electron chi connectivity index (χ4n) is 3.02. The van der Waals surface area contributed by atoms with E-state index in [-0.39, 0.29) is 29.3 Å². The summed E-state index contributed by atoms with van der Waals surface area (Å²) in [5.74, 6) is 0.0205. The fraction of sp³-hybridized carbons (Fsp3) is 0.588. The number of hydrogen-bond donors (Lipinski definition) is 2. The Hall–Kier alpha value is -1.44. The molecule has 2 rings (SSSR count). The van der Waals surface area contributed by atoms with Gasteiger partial charge in [0.1, 0.15) is 0 Å². The van der Waals surface area contributed by atoms with Gasteiger partial charge in [0.05, 0.1) is 4.90 Å². The van der Waals surface area contributed by atoms with Gasteiger partial charge in [0.2, 0.25) is 15.9 Å². The number of carbonyl (C=O) groups excluding carboxylic acids is 1. The average Bonchev–Trinajstić information content (AvgIpc) is 2.54. The lowest BCUT2D eigenvalue weighted by atomic mass is 9.85. The van der Waals surface area contributed by atoms with E-state index in [9.17, 15) is 13.2 Å². The molecule has 134 valence electrons. The van der Waals surface area contributed by atoms with Gasteiger partial charge in [-0.15, -0.1) is 0 Å². The van der Waals surface area contributed by atoms with Gasteiger partial charge in [0.15, 0.2) is 0 Å². The van der Waals surface area contributed by atoms with E-state index in [1.807, 2.05) is 6.92 Å². The second kappa shape index (κ2) is 8.09. The minimum absolute atomic E-state index is 0.0348. The Morgan fingerprint density at radius 2 is 1.96 bits per heavy atom. The summed E-state index contributed by atoms with van der Waals surface area (Å²) in [6.45, 7) is 2.44. The van der Waals surface area contributed by atoms with Crippen LogP contribution < -0.4 is 10.5 Å². The van der Waals surface area contributed by atoms with Gasteiger partial charge >= 0.3 is 0 Å². The van der Waals surface area contributed by atoms with Gasteiger partial charge in [0, 0.05) is 32.1 Å². The molecule has 1 aliphatic rings. The molecule has 24 heavy (non-hydrogen) atoms. The van der Waals surface area contributed by atoms with Crippen LogP contribution in [0.2, 0.25) is 0 Å². The van der Waals surface area contributed by atoms with Gasteiger partial charge < -0.3 is 10.6 Å². The predicted octanol–water partition coefficient (Wildman–Crippen LogP) is 1.25. The molecule has 0 spiro atoms. The molecule has 0 aliphatic heterocycles. The lowest BCUT2D eigenvalue weighted by Crippen LogP contribution is -2.42. The smallest absolute Gasteiger partial charge is 0.240 e. The van der Waals surface area contributed by atoms with Gasteiger partial charge in [-0.25, -0.2) is 13.1 Å². The number of rotatable bonds is 6. The number of nitrogens with zero attached hydrogens (tertiary/aromatic N) is 1. The molecular weight excluding hydrogens is 326 g/mol. The highest BCUT2D eigenvalue weighted by Gasteiger charge is 2.27. The summed E-state index contributed by atoms with van der Waals surface area (Å²) in [7, 11) is -1.83. The van der Waals surface area contributed by atoms with E-state index in [0.717, 1.165) is 31.2 Å². The zero-order chi connectivity index (χ0) is 17.7. The van der Waals surface area contributed by atoms with Gasteiger partial charge in [-0.2, -0.15) is 0 Å². The van der Waals surface area contributed by atoms with Crippen molar-refractivity contribution in [3.63, 3.8) is 0 Å². The van der Waals surface area contributed by atoms with E-state index in [0.29, 0.717) is 6.54 Å². The first-order valence-electron chi connectivity index (χ1n) is 8.36. The van der Waals surface area contributed by atoms with Crippen molar-refractivity contribution in [3.05, 3.63) is 29.8 Å². The zero-order valence-electron chi connectivity index (χ0n) is 14.4. The van der Waals surface area contributed by atoms with Crippen molar-refractivity contribution in [2.45, 2.75) is 43.5 Å². The van der Waals surface area contributed by atoms with Crippen molar-refractivity contribution < 1.29 is 13.2 Å². The summed E-state index contributed by atoms with van der Waals surface area (Å²) in [6, 6.07) is 6.78. The van der Waals surface area contributed by atoms with Gasteiger partial charge in [-0.05, 0) is 38.3 Å². The highest BCUT2D eigenvalue weighted by Crippen LogP contribution is 2.24. The number of aryl methyl sites for hydroxylation is 1. The van der Waals surface area contributed by atoms with E-state index in [1.165, 1.54) is 0 Å². The van der Waals surface area contributed by atoms with Crippen molar-refractivity contribution >= 4 is 15.9 Å². The number of nitrogens with one attached hydrogen (secondary N) is 1. The third kappa shape index (κ3) is 5.03. The first kappa shape index (κ1) is 18.9. The zero-order valence-corrected chi connectivity index (χ0v) is 15.2. The molecule has 1 aliphatic carbocycles. The molecule has 3 N–H and O–H groups in total. The first-order chi connectivity index (χ1) is 11.3. The molecule has 1 amide bonds. The number of hydrogen-bond acceptors (Lipinski definition) is 4. The molecule has 0 bridgehead atoms. The standard InChI is InChI=1S/C17H27N3O3S/c1-13-6-8-16(9-7-13)24(22,23)19-10-11-20(2)17(21)14-4-3-5-15(18)12-14/h6-9,14-15,19H,3-5,10-12,18H2,1-2H3. The molecule has 1 saturated carbocycles. The van der Waals surface area contributed by atoms with Crippen LogP contribution in [0.3, 0.4) is 0 Å². The van der Waals surface area contributed by atoms with Crippen molar-refractivity contribution in [2.75, 3.05) is 20.1 Å². The van der Waals surface area contributed by atoms with Crippen LogP contribution in [0.1, 0.15) is 31.2 Å². The Bertz CT molecular complexity index is 658. The normalized spacial score (nSPS) is 21.5. The molecular formula is C17H27N3O3S. The maximum absolute atomic E-state index is 12.4. The van der Waals surface area contributed by atoms with Crippen LogP contribution in [-0.2, 0) is 14.8 Å². The Morgan fingerprint density at radius 1 is 1.29 bits per heavy atom. The second-order valence-corrected chi connectivity index (χ2v) is 8.36. The number of nitrogens with two attached hydrogens (primary N) is 1. The fourth-order valence-corrected chi connectivity index (χ4v) is 4.04. The largest absolute Gasteiger partial charge is 0.344 e. The number of amides is 1. The monoisotopic (exact) mass is 353 g/mol. The highest BCUT2D eigenvalue weighted by molar-refractivity contribution is 7.89. The molecule has 0 saturated heterocycles. The highest BCUT2D eigenvalue weighted by atomic mass is 32.2. The van der Waals surface area contributed by atoms with Gasteiger partial charge in [-0.3, -0.25) is 4.79 Å². The third-order valence-corrected chi connectivity index (χ3v) is 5.99. The van der Waals surface area contributed by atoms with Crippen molar-refractivity contribution in [1.82, 2.24) is 9.62 Å². The summed E-state index contributed by atoms with van der Waals surface area (Å²) in [5, 5.41) is 0. The first-order valence-corrected chi connectivity index (χ1v) is 9.85.